The van der Waals surface area contributed by atoms with Gasteiger partial charge in [0.15, 0.2) is 6.10 Å². The molecule has 1 saturated heterocycles. The van der Waals surface area contributed by atoms with Gasteiger partial charge in [0, 0.05) is 0 Å². The van der Waals surface area contributed by atoms with Gasteiger partial charge < -0.3 is 9.84 Å². The molecule has 1 aliphatic rings. The van der Waals surface area contributed by atoms with E-state index in [-0.39, 0.29) is 12.7 Å². The van der Waals surface area contributed by atoms with Crippen LogP contribution in [0.5, 0.6) is 0 Å². The molecule has 0 amide bonds. The van der Waals surface area contributed by atoms with Crippen molar-refractivity contribution in [2.75, 3.05) is 6.61 Å². The number of rotatable bonds is 1. The molecule has 2 heteroatoms. The number of hydrogen-bond acceptors (Lipinski definition) is 2. The smallest absolute Gasteiger partial charge is 0.178 e. The van der Waals surface area contributed by atoms with Crippen LogP contribution in [0, 0.1) is 0 Å². The van der Waals surface area contributed by atoms with Gasteiger partial charge in [-0.2, -0.15) is 0 Å². The van der Waals surface area contributed by atoms with E-state index in [0.29, 0.717) is 0 Å². The lowest BCUT2D eigenvalue weighted by atomic mass is 10.4. The molecule has 0 bridgehead atoms. The minimum Gasteiger partial charge on any atom is -0.481 e. The Hall–Kier alpha value is -0.500. The monoisotopic (exact) mass is 100 g/mol. The Morgan fingerprint density at radius 1 is 2.00 bits per heavy atom. The minimum atomic E-state index is 0.0324. The molecule has 0 radical (unpaired) electrons. The molecule has 2 nitrogen and oxygen atoms in total. The normalized spacial score (nSPS) is 32.9. The van der Waals surface area contributed by atoms with E-state index < -0.39 is 0 Å². The Morgan fingerprint density at radius 2 is 2.71 bits per heavy atom. The second-order valence-electron chi connectivity index (χ2n) is 1.48. The summed E-state index contributed by atoms with van der Waals surface area (Å²) in [6.07, 6.45) is 1.89. The van der Waals surface area contributed by atoms with E-state index >= 15 is 0 Å². The molecule has 0 spiro atoms. The molecule has 0 saturated carbocycles. The van der Waals surface area contributed by atoms with Gasteiger partial charge in [0.25, 0.3) is 0 Å². The Balaban J connectivity index is 2.31. The fraction of sp³-hybridized carbons (Fsp3) is 0.600. The van der Waals surface area contributed by atoms with Gasteiger partial charge in [0.2, 0.25) is 0 Å². The summed E-state index contributed by atoms with van der Waals surface area (Å²) in [5.74, 6) is 0.919. The quantitative estimate of drug-likeness (QED) is 0.480. The Labute approximate surface area is 42.4 Å². The van der Waals surface area contributed by atoms with Gasteiger partial charge in [-0.05, 0) is 13.0 Å². The molecule has 0 aromatic heterocycles. The van der Waals surface area contributed by atoms with E-state index in [4.69, 9.17) is 9.84 Å². The lowest BCUT2D eigenvalue weighted by molar-refractivity contribution is 0.245. The van der Waals surface area contributed by atoms with Crippen LogP contribution < -0.4 is 0 Å². The Morgan fingerprint density at radius 3 is 2.86 bits per heavy atom. The van der Waals surface area contributed by atoms with Gasteiger partial charge >= 0.3 is 0 Å². The third-order valence-corrected chi connectivity index (χ3v) is 0.989. The summed E-state index contributed by atoms with van der Waals surface area (Å²) in [5.41, 5.74) is 0. The van der Waals surface area contributed by atoms with Crippen molar-refractivity contribution in [1.29, 1.82) is 0 Å². The highest BCUT2D eigenvalue weighted by Crippen LogP contribution is 2.24. The molecule has 0 aromatic rings. The third kappa shape index (κ3) is 0.747. The highest BCUT2D eigenvalue weighted by atomic mass is 16.6. The molecule has 1 N–H and O–H groups in total. The zero-order chi connectivity index (χ0) is 5.28. The van der Waals surface area contributed by atoms with Crippen molar-refractivity contribution in [2.24, 2.45) is 0 Å². The van der Waals surface area contributed by atoms with Crippen LogP contribution in [0.15, 0.2) is 11.8 Å². The van der Waals surface area contributed by atoms with Gasteiger partial charge in [0.05, 0.1) is 6.61 Å². The fourth-order valence-corrected chi connectivity index (χ4v) is 0.511. The van der Waals surface area contributed by atoms with Crippen LogP contribution in [0.2, 0.25) is 0 Å². The van der Waals surface area contributed by atoms with Crippen LogP contribution in [0.4, 0.5) is 0 Å². The average molecular weight is 100 g/mol. The second-order valence-corrected chi connectivity index (χ2v) is 1.48. The minimum absolute atomic E-state index is 0.0324. The standard InChI is InChI=1S/C5H8O2/c1-2-4-5(3-6)7-4/h2,5-6H,3H2,1H3. The summed E-state index contributed by atoms with van der Waals surface area (Å²) in [6.45, 7) is 2.02. The van der Waals surface area contributed by atoms with Crippen LogP contribution in [-0.4, -0.2) is 17.8 Å². The van der Waals surface area contributed by atoms with Crippen LogP contribution in [0.25, 0.3) is 0 Å². The van der Waals surface area contributed by atoms with E-state index in [0.717, 1.165) is 5.76 Å². The molecule has 0 aliphatic carbocycles. The number of ether oxygens (including phenoxy) is 1. The van der Waals surface area contributed by atoms with E-state index in [1.54, 1.807) is 0 Å². The van der Waals surface area contributed by atoms with Gasteiger partial charge in [-0.1, -0.05) is 0 Å². The van der Waals surface area contributed by atoms with Crippen molar-refractivity contribution < 1.29 is 9.84 Å². The summed E-state index contributed by atoms with van der Waals surface area (Å²) in [7, 11) is 0. The molecule has 7 heavy (non-hydrogen) atoms. The molecule has 40 valence electrons. The molecule has 1 unspecified atom stereocenters. The van der Waals surface area contributed by atoms with Crippen molar-refractivity contribution in [1.82, 2.24) is 0 Å². The van der Waals surface area contributed by atoms with Crippen LogP contribution in [0.3, 0.4) is 0 Å². The van der Waals surface area contributed by atoms with E-state index in [1.807, 2.05) is 13.0 Å². The zero-order valence-electron chi connectivity index (χ0n) is 4.22. The maximum atomic E-state index is 8.34. The van der Waals surface area contributed by atoms with Crippen molar-refractivity contribution >= 4 is 0 Å². The van der Waals surface area contributed by atoms with E-state index in [9.17, 15) is 0 Å². The molecule has 1 heterocycles. The van der Waals surface area contributed by atoms with Crippen molar-refractivity contribution in [3.05, 3.63) is 11.8 Å². The van der Waals surface area contributed by atoms with Gasteiger partial charge in [-0.15, -0.1) is 0 Å². The number of epoxide rings is 1. The first-order valence-corrected chi connectivity index (χ1v) is 2.32. The average Bonchev–Trinajstić information content (AvgIpc) is 2.43. The first kappa shape index (κ1) is 4.65. The summed E-state index contributed by atoms with van der Waals surface area (Å²) < 4.78 is 4.83. The highest BCUT2D eigenvalue weighted by Gasteiger charge is 2.29. The molecule has 1 aliphatic heterocycles. The SMILES string of the molecule is CC=C1OC1CO. The van der Waals surface area contributed by atoms with Crippen LogP contribution in [-0.2, 0) is 4.74 Å². The maximum Gasteiger partial charge on any atom is 0.178 e. The largest absolute Gasteiger partial charge is 0.481 e. The first-order valence-electron chi connectivity index (χ1n) is 2.32. The van der Waals surface area contributed by atoms with Crippen molar-refractivity contribution in [3.8, 4) is 0 Å². The van der Waals surface area contributed by atoms with Crippen molar-refractivity contribution in [3.63, 3.8) is 0 Å². The molecular formula is C5H8O2. The second kappa shape index (κ2) is 1.54. The lowest BCUT2D eigenvalue weighted by Gasteiger charge is -1.69. The topological polar surface area (TPSA) is 32.8 Å². The molecular weight excluding hydrogens is 92.1 g/mol. The van der Waals surface area contributed by atoms with E-state index in [1.165, 1.54) is 0 Å². The van der Waals surface area contributed by atoms with Crippen molar-refractivity contribution in [2.45, 2.75) is 13.0 Å². The summed E-state index contributed by atoms with van der Waals surface area (Å²) >= 11 is 0. The van der Waals surface area contributed by atoms with Crippen LogP contribution >= 0.6 is 0 Å². The highest BCUT2D eigenvalue weighted by molar-refractivity contribution is 5.11. The van der Waals surface area contributed by atoms with Gasteiger partial charge in [-0.3, -0.25) is 0 Å². The number of allylic oxidation sites excluding steroid dienone is 1. The van der Waals surface area contributed by atoms with Crippen LogP contribution in [0.1, 0.15) is 6.92 Å². The first-order chi connectivity index (χ1) is 3.38. The number of aliphatic hydroxyl groups is 1. The molecule has 1 fully saturated rings. The lowest BCUT2D eigenvalue weighted by Crippen LogP contribution is -1.88. The summed E-state index contributed by atoms with van der Waals surface area (Å²) in [6, 6.07) is 0. The summed E-state index contributed by atoms with van der Waals surface area (Å²) in [5, 5.41) is 8.34. The fourth-order valence-electron chi connectivity index (χ4n) is 0.511. The van der Waals surface area contributed by atoms with E-state index in [2.05, 4.69) is 0 Å². The molecule has 1 atom stereocenters. The van der Waals surface area contributed by atoms with Gasteiger partial charge in [0.1, 0.15) is 5.76 Å². The predicted molar refractivity (Wildman–Crippen MR) is 25.7 cm³/mol. The number of aliphatic hydroxyl groups excluding tert-OH is 1. The number of hydrogen-bond donors (Lipinski definition) is 1. The molecule has 0 aromatic carbocycles. The third-order valence-electron chi connectivity index (χ3n) is 0.989. The Bertz CT molecular complexity index is 96.3. The molecule has 1 rings (SSSR count). The zero-order valence-corrected chi connectivity index (χ0v) is 4.22. The summed E-state index contributed by atoms with van der Waals surface area (Å²) in [4.78, 5) is 0. The predicted octanol–water partition coefficient (Wildman–Crippen LogP) is 0.281. The van der Waals surface area contributed by atoms with Gasteiger partial charge in [-0.25, -0.2) is 0 Å². The Kier molecular flexibility index (Phi) is 1.02. The maximum absolute atomic E-state index is 8.34.